The molecule has 1 aliphatic rings. The zero-order chi connectivity index (χ0) is 16.9. The molecule has 0 bridgehead atoms. The first-order valence-electron chi connectivity index (χ1n) is 8.08. The van der Waals surface area contributed by atoms with Gasteiger partial charge in [-0.3, -0.25) is 14.9 Å². The van der Waals surface area contributed by atoms with Gasteiger partial charge in [-0.15, -0.1) is 10.2 Å². The molecule has 7 nitrogen and oxygen atoms in total. The third-order valence-electron chi connectivity index (χ3n) is 4.16. The zero-order valence-corrected chi connectivity index (χ0v) is 14.3. The van der Waals surface area contributed by atoms with Gasteiger partial charge in [-0.25, -0.2) is 0 Å². The Kier molecular flexibility index (Phi) is 5.24. The molecule has 0 aromatic carbocycles. The lowest BCUT2D eigenvalue weighted by Crippen LogP contribution is -2.41. The van der Waals surface area contributed by atoms with E-state index in [0.717, 1.165) is 11.4 Å². The number of carbonyl (C=O) groups is 2. The average molecular weight is 348 g/mol. The molecule has 2 aromatic heterocycles. The monoisotopic (exact) mass is 348 g/mol. The van der Waals surface area contributed by atoms with Gasteiger partial charge in [0.1, 0.15) is 17.3 Å². The van der Waals surface area contributed by atoms with Gasteiger partial charge in [0.2, 0.25) is 11.0 Å². The molecule has 1 fully saturated rings. The van der Waals surface area contributed by atoms with Crippen LogP contribution in [0.15, 0.2) is 23.0 Å². The maximum absolute atomic E-state index is 12.2. The molecule has 3 rings (SSSR count). The van der Waals surface area contributed by atoms with Crippen LogP contribution < -0.4 is 10.6 Å². The van der Waals surface area contributed by atoms with Crippen LogP contribution in [-0.2, 0) is 11.2 Å². The summed E-state index contributed by atoms with van der Waals surface area (Å²) in [6.45, 7) is 1.62. The Morgan fingerprint density at radius 3 is 2.88 bits per heavy atom. The number of carbonyl (C=O) groups excluding carboxylic acids is 2. The molecule has 1 atom stereocenters. The lowest BCUT2D eigenvalue weighted by Gasteiger charge is -2.11. The van der Waals surface area contributed by atoms with Gasteiger partial charge in [0.05, 0.1) is 11.8 Å². The second kappa shape index (κ2) is 7.57. The van der Waals surface area contributed by atoms with E-state index in [4.69, 9.17) is 4.42 Å². The van der Waals surface area contributed by atoms with Crippen molar-refractivity contribution in [3.05, 3.63) is 29.2 Å². The van der Waals surface area contributed by atoms with Crippen molar-refractivity contribution in [3.8, 4) is 0 Å². The number of hydrogen-bond acceptors (Lipinski definition) is 6. The van der Waals surface area contributed by atoms with Crippen LogP contribution in [0.1, 0.15) is 48.0 Å². The Bertz CT molecular complexity index is 692. The van der Waals surface area contributed by atoms with E-state index < -0.39 is 6.04 Å². The van der Waals surface area contributed by atoms with Crippen molar-refractivity contribution < 1.29 is 14.0 Å². The maximum Gasteiger partial charge on any atom is 0.255 e. The molecule has 2 heterocycles. The summed E-state index contributed by atoms with van der Waals surface area (Å²) in [5, 5.41) is 14.9. The molecule has 2 N–H and O–H groups in total. The molecular weight excluding hydrogens is 328 g/mol. The summed E-state index contributed by atoms with van der Waals surface area (Å²) in [6.07, 6.45) is 8.76. The van der Waals surface area contributed by atoms with Gasteiger partial charge in [-0.1, -0.05) is 37.0 Å². The summed E-state index contributed by atoms with van der Waals surface area (Å²) >= 11 is 1.40. The lowest BCUT2D eigenvalue weighted by atomic mass is 10.1. The van der Waals surface area contributed by atoms with Crippen LogP contribution >= 0.6 is 11.3 Å². The predicted octanol–water partition coefficient (Wildman–Crippen LogP) is 2.62. The Hall–Kier alpha value is -2.22. The summed E-state index contributed by atoms with van der Waals surface area (Å²) in [5.74, 6) is 0.00988. The van der Waals surface area contributed by atoms with Crippen LogP contribution in [0.4, 0.5) is 5.13 Å². The Balaban J connectivity index is 1.50. The fraction of sp³-hybridized carbons (Fsp3) is 0.500. The second-order valence-electron chi connectivity index (χ2n) is 6.05. The lowest BCUT2D eigenvalue weighted by molar-refractivity contribution is -0.117. The highest BCUT2D eigenvalue weighted by Crippen LogP contribution is 2.29. The van der Waals surface area contributed by atoms with Crippen molar-refractivity contribution in [2.24, 2.45) is 5.92 Å². The molecule has 1 aliphatic carbocycles. The van der Waals surface area contributed by atoms with Gasteiger partial charge in [0.25, 0.3) is 5.91 Å². The van der Waals surface area contributed by atoms with Crippen molar-refractivity contribution in [1.29, 1.82) is 0 Å². The molecule has 1 saturated carbocycles. The largest absolute Gasteiger partial charge is 0.472 e. The molecule has 2 aromatic rings. The normalized spacial score (nSPS) is 16.0. The summed E-state index contributed by atoms with van der Waals surface area (Å²) in [4.78, 5) is 24.1. The number of amides is 2. The maximum atomic E-state index is 12.2. The van der Waals surface area contributed by atoms with E-state index in [2.05, 4.69) is 20.8 Å². The van der Waals surface area contributed by atoms with Gasteiger partial charge in [-0.05, 0) is 18.9 Å². The third kappa shape index (κ3) is 4.19. The number of nitrogens with one attached hydrogen (secondary N) is 2. The fourth-order valence-electron chi connectivity index (χ4n) is 2.80. The minimum Gasteiger partial charge on any atom is -0.472 e. The molecule has 8 heteroatoms. The first-order chi connectivity index (χ1) is 11.6. The molecular formula is C16H20N4O3S. The number of anilines is 1. The van der Waals surface area contributed by atoms with Crippen molar-refractivity contribution in [2.75, 3.05) is 5.32 Å². The Labute approximate surface area is 143 Å². The number of nitrogens with zero attached hydrogens (tertiary/aromatic N) is 2. The van der Waals surface area contributed by atoms with Crippen LogP contribution in [0.25, 0.3) is 0 Å². The standard InChI is InChI=1S/C16H20N4O3S/c1-10(17-15(22)12-6-7-23-9-12)14(21)18-16-20-19-13(24-16)8-11-4-2-3-5-11/h6-7,9-11H,2-5,8H2,1H3,(H,17,22)(H,18,20,21). The smallest absolute Gasteiger partial charge is 0.255 e. The highest BCUT2D eigenvalue weighted by atomic mass is 32.1. The summed E-state index contributed by atoms with van der Waals surface area (Å²) in [7, 11) is 0. The topological polar surface area (TPSA) is 97.1 Å². The first kappa shape index (κ1) is 16.6. The predicted molar refractivity (Wildman–Crippen MR) is 89.8 cm³/mol. The van der Waals surface area contributed by atoms with Gasteiger partial charge >= 0.3 is 0 Å². The van der Waals surface area contributed by atoms with E-state index in [9.17, 15) is 9.59 Å². The van der Waals surface area contributed by atoms with Crippen LogP contribution in [0.3, 0.4) is 0 Å². The van der Waals surface area contributed by atoms with Crippen LogP contribution in [0, 0.1) is 5.92 Å². The molecule has 0 aliphatic heterocycles. The number of hydrogen-bond donors (Lipinski definition) is 2. The SMILES string of the molecule is CC(NC(=O)c1ccoc1)C(=O)Nc1nnc(CC2CCCC2)s1. The molecule has 1 unspecified atom stereocenters. The Morgan fingerprint density at radius 1 is 1.38 bits per heavy atom. The van der Waals surface area contributed by atoms with Gasteiger partial charge in [-0.2, -0.15) is 0 Å². The van der Waals surface area contributed by atoms with Crippen LogP contribution in [-0.4, -0.2) is 28.1 Å². The first-order valence-corrected chi connectivity index (χ1v) is 8.90. The summed E-state index contributed by atoms with van der Waals surface area (Å²) in [5.41, 5.74) is 0.379. The minimum absolute atomic E-state index is 0.324. The van der Waals surface area contributed by atoms with E-state index in [1.54, 1.807) is 13.0 Å². The van der Waals surface area contributed by atoms with Crippen molar-refractivity contribution in [2.45, 2.75) is 45.1 Å². The third-order valence-corrected chi connectivity index (χ3v) is 5.02. The van der Waals surface area contributed by atoms with Crippen molar-refractivity contribution in [1.82, 2.24) is 15.5 Å². The molecule has 0 saturated heterocycles. The van der Waals surface area contributed by atoms with E-state index >= 15 is 0 Å². The Morgan fingerprint density at radius 2 is 2.17 bits per heavy atom. The molecule has 2 amide bonds. The van der Waals surface area contributed by atoms with E-state index in [0.29, 0.717) is 16.6 Å². The van der Waals surface area contributed by atoms with Crippen LogP contribution in [0.5, 0.6) is 0 Å². The summed E-state index contributed by atoms with van der Waals surface area (Å²) in [6, 6.07) is 0.856. The highest BCUT2D eigenvalue weighted by molar-refractivity contribution is 7.15. The minimum atomic E-state index is -0.686. The van der Waals surface area contributed by atoms with Crippen LogP contribution in [0.2, 0.25) is 0 Å². The van der Waals surface area contributed by atoms with Gasteiger partial charge in [0, 0.05) is 6.42 Å². The van der Waals surface area contributed by atoms with E-state index in [1.807, 2.05) is 0 Å². The fourth-order valence-corrected chi connectivity index (χ4v) is 3.66. The molecule has 0 spiro atoms. The van der Waals surface area contributed by atoms with Crippen molar-refractivity contribution >= 4 is 28.3 Å². The van der Waals surface area contributed by atoms with E-state index in [-0.39, 0.29) is 11.8 Å². The molecule has 24 heavy (non-hydrogen) atoms. The molecule has 128 valence electrons. The number of aromatic nitrogens is 2. The number of furan rings is 1. The van der Waals surface area contributed by atoms with E-state index in [1.165, 1.54) is 49.5 Å². The van der Waals surface area contributed by atoms with Crippen molar-refractivity contribution in [3.63, 3.8) is 0 Å². The van der Waals surface area contributed by atoms with Gasteiger partial charge < -0.3 is 9.73 Å². The zero-order valence-electron chi connectivity index (χ0n) is 13.4. The summed E-state index contributed by atoms with van der Waals surface area (Å²) < 4.78 is 4.85. The van der Waals surface area contributed by atoms with Gasteiger partial charge in [0.15, 0.2) is 0 Å². The number of rotatable bonds is 6. The quantitative estimate of drug-likeness (QED) is 0.836. The average Bonchev–Trinajstić information content (AvgIpc) is 3.30. The highest BCUT2D eigenvalue weighted by Gasteiger charge is 2.20. The second-order valence-corrected chi connectivity index (χ2v) is 7.11. The molecule has 0 radical (unpaired) electrons.